The Labute approximate surface area is 181 Å². The number of carbonyl (C=O) groups excluding carboxylic acids is 1. The van der Waals surface area contributed by atoms with Gasteiger partial charge in [0.25, 0.3) is 5.91 Å². The molecule has 2 saturated heterocycles. The summed E-state index contributed by atoms with van der Waals surface area (Å²) in [6.45, 7) is 4.47. The molecular formula is C24H26FN5O. The summed E-state index contributed by atoms with van der Waals surface area (Å²) < 4.78 is 16.0. The van der Waals surface area contributed by atoms with Gasteiger partial charge in [-0.1, -0.05) is 12.1 Å². The molecule has 160 valence electrons. The van der Waals surface area contributed by atoms with Gasteiger partial charge in [0.1, 0.15) is 5.82 Å². The number of aromatic nitrogens is 3. The Morgan fingerprint density at radius 1 is 1.06 bits per heavy atom. The van der Waals surface area contributed by atoms with Crippen LogP contribution in [0.1, 0.15) is 28.4 Å². The molecule has 6 nitrogen and oxygen atoms in total. The summed E-state index contributed by atoms with van der Waals surface area (Å²) in [6, 6.07) is 12.1. The fourth-order valence-corrected chi connectivity index (χ4v) is 5.19. The van der Waals surface area contributed by atoms with Gasteiger partial charge in [0.05, 0.1) is 11.6 Å². The van der Waals surface area contributed by atoms with Gasteiger partial charge < -0.3 is 9.80 Å². The Bertz CT molecular complexity index is 1030. The predicted octanol–water partition coefficient (Wildman–Crippen LogP) is 3.25. The molecule has 3 aromatic rings. The van der Waals surface area contributed by atoms with Crippen LogP contribution in [0.5, 0.6) is 0 Å². The van der Waals surface area contributed by atoms with Gasteiger partial charge in [-0.25, -0.2) is 4.39 Å². The topological polar surface area (TPSA) is 54.3 Å². The van der Waals surface area contributed by atoms with Crippen LogP contribution in [-0.4, -0.2) is 56.7 Å². The lowest BCUT2D eigenvalue weighted by Gasteiger charge is -2.30. The number of benzene rings is 1. The van der Waals surface area contributed by atoms with Crippen LogP contribution >= 0.6 is 0 Å². The Morgan fingerprint density at radius 2 is 2.00 bits per heavy atom. The molecule has 0 aliphatic carbocycles. The van der Waals surface area contributed by atoms with Crippen molar-refractivity contribution in [2.24, 2.45) is 11.8 Å². The zero-order chi connectivity index (χ0) is 21.2. The van der Waals surface area contributed by atoms with E-state index in [0.29, 0.717) is 23.9 Å². The van der Waals surface area contributed by atoms with Crippen molar-refractivity contribution in [1.29, 1.82) is 0 Å². The number of hydrogen-bond donors (Lipinski definition) is 0. The molecule has 0 radical (unpaired) electrons. The Hall–Kier alpha value is -3.06. The van der Waals surface area contributed by atoms with Gasteiger partial charge in [-0.2, -0.15) is 5.10 Å². The highest BCUT2D eigenvalue weighted by Crippen LogP contribution is 2.45. The highest BCUT2D eigenvalue weighted by molar-refractivity contribution is 5.94. The molecule has 31 heavy (non-hydrogen) atoms. The van der Waals surface area contributed by atoms with E-state index in [-0.39, 0.29) is 17.8 Å². The second-order valence-corrected chi connectivity index (χ2v) is 8.51. The average molecular weight is 420 g/mol. The van der Waals surface area contributed by atoms with Crippen molar-refractivity contribution in [3.63, 3.8) is 0 Å². The Morgan fingerprint density at radius 3 is 2.77 bits per heavy atom. The number of pyridine rings is 1. The molecule has 0 N–H and O–H groups in total. The first-order valence-electron chi connectivity index (χ1n) is 10.9. The fourth-order valence-electron chi connectivity index (χ4n) is 5.19. The van der Waals surface area contributed by atoms with E-state index in [4.69, 9.17) is 0 Å². The van der Waals surface area contributed by atoms with E-state index in [0.717, 1.165) is 38.2 Å². The zero-order valence-corrected chi connectivity index (χ0v) is 17.3. The molecule has 0 bridgehead atoms. The van der Waals surface area contributed by atoms with Crippen LogP contribution in [0.4, 0.5) is 4.39 Å². The minimum Gasteiger partial charge on any atom is -0.331 e. The minimum atomic E-state index is -0.260. The first-order valence-corrected chi connectivity index (χ1v) is 10.9. The lowest BCUT2D eigenvalue weighted by atomic mass is 9.89. The maximum atomic E-state index is 14.1. The third kappa shape index (κ3) is 4.10. The Kier molecular flexibility index (Phi) is 5.51. The maximum absolute atomic E-state index is 14.1. The molecule has 3 atom stereocenters. The van der Waals surface area contributed by atoms with E-state index in [2.05, 4.69) is 15.0 Å². The number of aryl methyl sites for hydroxylation is 1. The monoisotopic (exact) mass is 419 g/mol. The molecule has 2 aliphatic heterocycles. The first-order chi connectivity index (χ1) is 15.2. The highest BCUT2D eigenvalue weighted by Gasteiger charge is 2.49. The van der Waals surface area contributed by atoms with Gasteiger partial charge >= 0.3 is 0 Å². The van der Waals surface area contributed by atoms with Crippen LogP contribution in [0.25, 0.3) is 0 Å². The predicted molar refractivity (Wildman–Crippen MR) is 115 cm³/mol. The second kappa shape index (κ2) is 8.59. The number of carbonyl (C=O) groups is 1. The molecule has 5 rings (SSSR count). The molecule has 0 saturated carbocycles. The summed E-state index contributed by atoms with van der Waals surface area (Å²) in [4.78, 5) is 21.8. The van der Waals surface area contributed by atoms with Crippen LogP contribution in [0.3, 0.4) is 0 Å². The van der Waals surface area contributed by atoms with Crippen molar-refractivity contribution >= 4 is 5.91 Å². The molecular weight excluding hydrogens is 393 g/mol. The van der Waals surface area contributed by atoms with Crippen LogP contribution in [0.15, 0.2) is 67.3 Å². The largest absolute Gasteiger partial charge is 0.331 e. The second-order valence-electron chi connectivity index (χ2n) is 8.51. The molecule has 7 heteroatoms. The van der Waals surface area contributed by atoms with Gasteiger partial charge in [0.15, 0.2) is 0 Å². The van der Waals surface area contributed by atoms with Crippen LogP contribution in [0.2, 0.25) is 0 Å². The summed E-state index contributed by atoms with van der Waals surface area (Å²) in [6.07, 6.45) is 8.10. The molecule has 1 amide bonds. The number of amides is 1. The third-order valence-electron chi connectivity index (χ3n) is 6.52. The molecule has 2 fully saturated rings. The molecule has 2 aromatic heterocycles. The van der Waals surface area contributed by atoms with Crippen LogP contribution in [0, 0.1) is 17.7 Å². The van der Waals surface area contributed by atoms with E-state index in [1.807, 2.05) is 27.9 Å². The van der Waals surface area contributed by atoms with E-state index < -0.39 is 0 Å². The SMILES string of the molecule is O=C(c1cccnc1)N1C[C@@H]2CN(CCCn3cccn3)C[C@@H]2[C@H]1c1cccc(F)c1. The van der Waals surface area contributed by atoms with Crippen molar-refractivity contribution < 1.29 is 9.18 Å². The number of hydrogen-bond acceptors (Lipinski definition) is 4. The quantitative estimate of drug-likeness (QED) is 0.616. The zero-order valence-electron chi connectivity index (χ0n) is 17.3. The molecule has 0 spiro atoms. The number of nitrogens with zero attached hydrogens (tertiary/aromatic N) is 5. The maximum Gasteiger partial charge on any atom is 0.255 e. The number of rotatable bonds is 6. The van der Waals surface area contributed by atoms with E-state index in [9.17, 15) is 9.18 Å². The summed E-state index contributed by atoms with van der Waals surface area (Å²) >= 11 is 0. The van der Waals surface area contributed by atoms with Gasteiger partial charge in [-0.15, -0.1) is 0 Å². The smallest absolute Gasteiger partial charge is 0.255 e. The van der Waals surface area contributed by atoms with E-state index in [1.54, 1.807) is 42.9 Å². The number of halogens is 1. The summed E-state index contributed by atoms with van der Waals surface area (Å²) in [7, 11) is 0. The van der Waals surface area contributed by atoms with Crippen molar-refractivity contribution in [1.82, 2.24) is 24.6 Å². The normalized spacial score (nSPS) is 23.3. The van der Waals surface area contributed by atoms with Crippen molar-refractivity contribution in [2.45, 2.75) is 19.0 Å². The van der Waals surface area contributed by atoms with Crippen molar-refractivity contribution in [3.05, 3.63) is 84.2 Å². The highest BCUT2D eigenvalue weighted by atomic mass is 19.1. The number of fused-ring (bicyclic) bond motifs is 1. The third-order valence-corrected chi connectivity index (χ3v) is 6.52. The summed E-state index contributed by atoms with van der Waals surface area (Å²) in [5.74, 6) is 0.400. The molecule has 0 unspecified atom stereocenters. The lowest BCUT2D eigenvalue weighted by Crippen LogP contribution is -2.36. The summed E-state index contributed by atoms with van der Waals surface area (Å²) in [5, 5.41) is 4.27. The van der Waals surface area contributed by atoms with Crippen LogP contribution in [-0.2, 0) is 6.54 Å². The molecule has 1 aromatic carbocycles. The van der Waals surface area contributed by atoms with E-state index in [1.165, 1.54) is 6.07 Å². The standard InChI is InChI=1S/C24H26FN5O/c25-21-7-1-5-18(13-21)23-22-17-28(10-4-12-29-11-3-9-27-29)15-20(22)16-30(23)24(31)19-6-2-8-26-14-19/h1-3,5-9,11,13-14,20,22-23H,4,10,12,15-17H2/t20-,22-,23+/m0/s1. The van der Waals surface area contributed by atoms with E-state index >= 15 is 0 Å². The number of likely N-dealkylation sites (tertiary alicyclic amines) is 2. The van der Waals surface area contributed by atoms with Gasteiger partial charge in [0, 0.05) is 56.9 Å². The first kappa shape index (κ1) is 19.9. The molecule has 2 aliphatic rings. The lowest BCUT2D eigenvalue weighted by molar-refractivity contribution is 0.0700. The van der Waals surface area contributed by atoms with Gasteiger partial charge in [0.2, 0.25) is 0 Å². The average Bonchev–Trinajstić information content (AvgIpc) is 3.50. The minimum absolute atomic E-state index is 0.0259. The van der Waals surface area contributed by atoms with Crippen LogP contribution < -0.4 is 0 Å². The molecule has 4 heterocycles. The summed E-state index contributed by atoms with van der Waals surface area (Å²) in [5.41, 5.74) is 1.46. The Balaban J connectivity index is 1.33. The van der Waals surface area contributed by atoms with Crippen molar-refractivity contribution in [2.75, 3.05) is 26.2 Å². The van der Waals surface area contributed by atoms with Gasteiger partial charge in [-0.3, -0.25) is 14.5 Å². The fraction of sp³-hybridized carbons (Fsp3) is 0.375. The van der Waals surface area contributed by atoms with Gasteiger partial charge in [-0.05, 0) is 54.8 Å². The van der Waals surface area contributed by atoms with Crippen molar-refractivity contribution in [3.8, 4) is 0 Å².